The number of nitrogens with one attached hydrogen (secondary N) is 1. The summed E-state index contributed by atoms with van der Waals surface area (Å²) >= 11 is 0. The summed E-state index contributed by atoms with van der Waals surface area (Å²) in [6.07, 6.45) is 2.59. The van der Waals surface area contributed by atoms with Crippen molar-refractivity contribution < 1.29 is 4.74 Å². The molecule has 0 unspecified atom stereocenters. The van der Waals surface area contributed by atoms with Crippen molar-refractivity contribution in [2.45, 2.75) is 13.3 Å². The van der Waals surface area contributed by atoms with Crippen molar-refractivity contribution in [2.24, 2.45) is 5.84 Å². The van der Waals surface area contributed by atoms with Gasteiger partial charge in [-0.15, -0.1) is 0 Å². The van der Waals surface area contributed by atoms with Gasteiger partial charge in [0.25, 0.3) is 0 Å². The van der Waals surface area contributed by atoms with Crippen molar-refractivity contribution >= 4 is 5.95 Å². The fraction of sp³-hybridized carbons (Fsp3) is 0.167. The largest absolute Gasteiger partial charge is 0.439 e. The van der Waals surface area contributed by atoms with E-state index in [0.29, 0.717) is 11.8 Å². The first-order chi connectivity index (χ1) is 8.31. The van der Waals surface area contributed by atoms with Crippen LogP contribution in [0.4, 0.5) is 5.95 Å². The number of nitrogens with two attached hydrogens (primary N) is 1. The molecule has 1 heterocycles. The van der Waals surface area contributed by atoms with Crippen LogP contribution in [0.2, 0.25) is 0 Å². The maximum Gasteiger partial charge on any atom is 0.240 e. The summed E-state index contributed by atoms with van der Waals surface area (Å²) in [5.41, 5.74) is 3.64. The Morgan fingerprint density at radius 3 is 2.65 bits per heavy atom. The Bertz CT molecular complexity index is 484. The zero-order chi connectivity index (χ0) is 12.1. The Morgan fingerprint density at radius 1 is 1.24 bits per heavy atom. The maximum atomic E-state index is 5.57. The van der Waals surface area contributed by atoms with Gasteiger partial charge in [-0.25, -0.2) is 10.8 Å². The van der Waals surface area contributed by atoms with E-state index in [4.69, 9.17) is 10.6 Å². The topological polar surface area (TPSA) is 73.1 Å². The summed E-state index contributed by atoms with van der Waals surface area (Å²) in [4.78, 5) is 7.96. The van der Waals surface area contributed by atoms with Crippen LogP contribution in [0.1, 0.15) is 12.5 Å². The molecule has 0 amide bonds. The van der Waals surface area contributed by atoms with Crippen LogP contribution in [0.25, 0.3) is 0 Å². The molecule has 0 radical (unpaired) electrons. The van der Waals surface area contributed by atoms with E-state index in [2.05, 4.69) is 22.3 Å². The Morgan fingerprint density at radius 2 is 2.00 bits per heavy atom. The first-order valence-corrected chi connectivity index (χ1v) is 5.38. The van der Waals surface area contributed by atoms with Gasteiger partial charge in [0.05, 0.1) is 0 Å². The number of hydrogen-bond acceptors (Lipinski definition) is 5. The Kier molecular flexibility index (Phi) is 3.52. The van der Waals surface area contributed by atoms with E-state index in [-0.39, 0.29) is 0 Å². The van der Waals surface area contributed by atoms with Crippen LogP contribution >= 0.6 is 0 Å². The summed E-state index contributed by atoms with van der Waals surface area (Å²) < 4.78 is 5.57. The quantitative estimate of drug-likeness (QED) is 0.621. The normalized spacial score (nSPS) is 10.0. The zero-order valence-electron chi connectivity index (χ0n) is 9.55. The molecule has 1 aromatic heterocycles. The van der Waals surface area contributed by atoms with Crippen LogP contribution in [0.5, 0.6) is 11.6 Å². The van der Waals surface area contributed by atoms with Gasteiger partial charge < -0.3 is 4.74 Å². The van der Waals surface area contributed by atoms with E-state index in [1.54, 1.807) is 12.3 Å². The highest BCUT2D eigenvalue weighted by Crippen LogP contribution is 2.20. The van der Waals surface area contributed by atoms with Gasteiger partial charge in [-0.1, -0.05) is 19.1 Å². The molecule has 0 atom stereocenters. The van der Waals surface area contributed by atoms with E-state index < -0.39 is 0 Å². The van der Waals surface area contributed by atoms with Gasteiger partial charge in [-0.05, 0) is 24.1 Å². The molecule has 5 nitrogen and oxygen atoms in total. The third-order valence-electron chi connectivity index (χ3n) is 2.31. The third-order valence-corrected chi connectivity index (χ3v) is 2.31. The fourth-order valence-electron chi connectivity index (χ4n) is 1.38. The summed E-state index contributed by atoms with van der Waals surface area (Å²) in [6, 6.07) is 9.55. The molecule has 0 aliphatic heterocycles. The molecule has 0 aliphatic rings. The van der Waals surface area contributed by atoms with Crippen molar-refractivity contribution in [2.75, 3.05) is 5.43 Å². The minimum Gasteiger partial charge on any atom is -0.439 e. The molecule has 2 aromatic rings. The van der Waals surface area contributed by atoms with E-state index >= 15 is 0 Å². The summed E-state index contributed by atoms with van der Waals surface area (Å²) in [5.74, 6) is 6.74. The van der Waals surface area contributed by atoms with Crippen LogP contribution in [-0.2, 0) is 6.42 Å². The SMILES string of the molecule is CCc1ccc(Oc2ccnc(NN)n2)cc1. The Labute approximate surface area is 99.6 Å². The summed E-state index contributed by atoms with van der Waals surface area (Å²) in [6.45, 7) is 2.11. The molecule has 0 bridgehead atoms. The molecule has 0 saturated carbocycles. The van der Waals surface area contributed by atoms with E-state index in [1.807, 2.05) is 24.3 Å². The maximum absolute atomic E-state index is 5.57. The van der Waals surface area contributed by atoms with Crippen molar-refractivity contribution in [3.8, 4) is 11.6 Å². The van der Waals surface area contributed by atoms with Gasteiger partial charge in [0.2, 0.25) is 11.8 Å². The standard InChI is InChI=1S/C12H14N4O/c1-2-9-3-5-10(6-4-9)17-11-7-8-14-12(15-11)16-13/h3-8H,2,13H2,1H3,(H,14,15,16). The number of aromatic nitrogens is 2. The predicted molar refractivity (Wildman–Crippen MR) is 65.7 cm³/mol. The number of ether oxygens (including phenoxy) is 1. The number of rotatable bonds is 4. The van der Waals surface area contributed by atoms with Gasteiger partial charge >= 0.3 is 0 Å². The molecule has 0 saturated heterocycles. The highest BCUT2D eigenvalue weighted by Gasteiger charge is 2.00. The summed E-state index contributed by atoms with van der Waals surface area (Å²) in [5, 5.41) is 0. The first kappa shape index (κ1) is 11.3. The molecule has 17 heavy (non-hydrogen) atoms. The number of benzene rings is 1. The Balaban J connectivity index is 2.13. The van der Waals surface area contributed by atoms with E-state index in [9.17, 15) is 0 Å². The monoisotopic (exact) mass is 230 g/mol. The lowest BCUT2D eigenvalue weighted by Gasteiger charge is -2.06. The van der Waals surface area contributed by atoms with Crippen molar-refractivity contribution in [1.82, 2.24) is 9.97 Å². The van der Waals surface area contributed by atoms with Gasteiger partial charge in [0.15, 0.2) is 0 Å². The van der Waals surface area contributed by atoms with Gasteiger partial charge in [0, 0.05) is 12.3 Å². The number of anilines is 1. The fourth-order valence-corrected chi connectivity index (χ4v) is 1.38. The molecular weight excluding hydrogens is 216 g/mol. The van der Waals surface area contributed by atoms with Crippen molar-refractivity contribution in [3.63, 3.8) is 0 Å². The molecule has 1 aromatic carbocycles. The lowest BCUT2D eigenvalue weighted by Crippen LogP contribution is -2.10. The molecule has 2 rings (SSSR count). The highest BCUT2D eigenvalue weighted by molar-refractivity contribution is 5.32. The lowest BCUT2D eigenvalue weighted by molar-refractivity contribution is 0.462. The first-order valence-electron chi connectivity index (χ1n) is 5.38. The third kappa shape index (κ3) is 2.92. The van der Waals surface area contributed by atoms with Crippen LogP contribution in [0.15, 0.2) is 36.5 Å². The second kappa shape index (κ2) is 5.27. The average molecular weight is 230 g/mol. The van der Waals surface area contributed by atoms with Crippen LogP contribution in [0, 0.1) is 0 Å². The molecule has 0 fully saturated rings. The Hall–Kier alpha value is -2.14. The van der Waals surface area contributed by atoms with Crippen LogP contribution in [-0.4, -0.2) is 9.97 Å². The van der Waals surface area contributed by atoms with Crippen LogP contribution < -0.4 is 16.0 Å². The molecular formula is C12H14N4O. The second-order valence-corrected chi connectivity index (χ2v) is 3.46. The van der Waals surface area contributed by atoms with Crippen molar-refractivity contribution in [3.05, 3.63) is 42.1 Å². The molecule has 5 heteroatoms. The number of hydrazine groups is 1. The highest BCUT2D eigenvalue weighted by atomic mass is 16.5. The average Bonchev–Trinajstić information content (AvgIpc) is 2.40. The number of hydrogen-bond donors (Lipinski definition) is 2. The minimum absolute atomic E-state index is 0.327. The molecule has 0 spiro atoms. The smallest absolute Gasteiger partial charge is 0.240 e. The number of nitrogen functional groups attached to an aromatic ring is 1. The number of aryl methyl sites for hydroxylation is 1. The molecule has 3 N–H and O–H groups in total. The molecule has 88 valence electrons. The van der Waals surface area contributed by atoms with Gasteiger partial charge in [-0.2, -0.15) is 4.98 Å². The zero-order valence-corrected chi connectivity index (χ0v) is 9.55. The van der Waals surface area contributed by atoms with Gasteiger partial charge in [-0.3, -0.25) is 5.43 Å². The van der Waals surface area contributed by atoms with E-state index in [1.165, 1.54) is 5.56 Å². The minimum atomic E-state index is 0.327. The predicted octanol–water partition coefficient (Wildman–Crippen LogP) is 2.12. The van der Waals surface area contributed by atoms with E-state index in [0.717, 1.165) is 12.2 Å². The van der Waals surface area contributed by atoms with Crippen LogP contribution in [0.3, 0.4) is 0 Å². The second-order valence-electron chi connectivity index (χ2n) is 3.46. The number of nitrogens with zero attached hydrogens (tertiary/aromatic N) is 2. The van der Waals surface area contributed by atoms with Gasteiger partial charge in [0.1, 0.15) is 5.75 Å². The lowest BCUT2D eigenvalue weighted by atomic mass is 10.2. The molecule has 0 aliphatic carbocycles. The van der Waals surface area contributed by atoms with Crippen molar-refractivity contribution in [1.29, 1.82) is 0 Å². The summed E-state index contributed by atoms with van der Waals surface area (Å²) in [7, 11) is 0.